The van der Waals surface area contributed by atoms with E-state index >= 15 is 0 Å². The molecule has 1 fully saturated rings. The highest BCUT2D eigenvalue weighted by atomic mass is 32.1. The number of hydrogen-bond donors (Lipinski definition) is 2. The molecule has 0 unspecified atom stereocenters. The lowest BCUT2D eigenvalue weighted by molar-refractivity contribution is -0.124. The van der Waals surface area contributed by atoms with Crippen molar-refractivity contribution >= 4 is 23.2 Å². The van der Waals surface area contributed by atoms with Crippen molar-refractivity contribution in [2.75, 3.05) is 32.8 Å². The van der Waals surface area contributed by atoms with Crippen molar-refractivity contribution in [1.29, 1.82) is 0 Å². The van der Waals surface area contributed by atoms with Gasteiger partial charge in [-0.1, -0.05) is 26.0 Å². The summed E-state index contributed by atoms with van der Waals surface area (Å²) in [5.74, 6) is -3.55. The van der Waals surface area contributed by atoms with Gasteiger partial charge in [0, 0.05) is 24.5 Å². The molecule has 3 rings (SSSR count). The number of benzene rings is 1. The van der Waals surface area contributed by atoms with E-state index in [2.05, 4.69) is 15.5 Å². The van der Waals surface area contributed by atoms with Gasteiger partial charge in [-0.2, -0.15) is 0 Å². The second kappa shape index (κ2) is 10.8. The summed E-state index contributed by atoms with van der Waals surface area (Å²) in [6.07, 6.45) is 0. The van der Waals surface area contributed by atoms with E-state index in [1.54, 1.807) is 25.2 Å². The number of carbonyl (C=O) groups excluding carboxylic acids is 2. The molecule has 0 bridgehead atoms. The van der Waals surface area contributed by atoms with Crippen molar-refractivity contribution in [3.05, 3.63) is 57.8 Å². The van der Waals surface area contributed by atoms with Crippen molar-refractivity contribution in [1.82, 2.24) is 15.5 Å². The quantitative estimate of drug-likeness (QED) is 0.648. The second-order valence-electron chi connectivity index (χ2n) is 7.72. The maximum Gasteiger partial charge on any atom is 0.257 e. The van der Waals surface area contributed by atoms with Gasteiger partial charge in [0.1, 0.15) is 23.2 Å². The molecule has 0 aliphatic carbocycles. The third-order valence-electron chi connectivity index (χ3n) is 5.25. The number of hydrogen-bond acceptors (Lipinski definition) is 5. The van der Waals surface area contributed by atoms with Crippen LogP contribution in [0.5, 0.6) is 0 Å². The first-order valence-corrected chi connectivity index (χ1v) is 11.1. The summed E-state index contributed by atoms with van der Waals surface area (Å²) in [6.45, 7) is 6.67. The first-order valence-electron chi connectivity index (χ1n) is 10.3. The van der Waals surface area contributed by atoms with E-state index in [1.807, 2.05) is 17.5 Å². The molecule has 9 heteroatoms. The van der Waals surface area contributed by atoms with Crippen LogP contribution in [-0.2, 0) is 9.53 Å². The average Bonchev–Trinajstić information content (AvgIpc) is 3.27. The average molecular weight is 452 g/mol. The van der Waals surface area contributed by atoms with Crippen molar-refractivity contribution < 1.29 is 23.1 Å². The van der Waals surface area contributed by atoms with E-state index in [0.717, 1.165) is 30.1 Å². The third kappa shape index (κ3) is 5.87. The predicted molar refractivity (Wildman–Crippen MR) is 115 cm³/mol. The molecular weight excluding hydrogens is 424 g/mol. The Morgan fingerprint density at radius 3 is 2.39 bits per heavy atom. The van der Waals surface area contributed by atoms with Gasteiger partial charge in [-0.3, -0.25) is 14.5 Å². The van der Waals surface area contributed by atoms with Crippen LogP contribution in [0.25, 0.3) is 0 Å². The van der Waals surface area contributed by atoms with Crippen LogP contribution in [-0.4, -0.2) is 55.6 Å². The van der Waals surface area contributed by atoms with E-state index in [1.165, 1.54) is 6.07 Å². The normalized spacial score (nSPS) is 16.7. The summed E-state index contributed by atoms with van der Waals surface area (Å²) in [7, 11) is 0. The SMILES string of the molecule is CC(C)[C@H](NC(=O)c1c(F)cccc1F)C(=O)NC[C@H](c1cccs1)N1CCOCC1. The zero-order valence-corrected chi connectivity index (χ0v) is 18.4. The Morgan fingerprint density at radius 1 is 1.13 bits per heavy atom. The maximum absolute atomic E-state index is 14.0. The molecule has 2 N–H and O–H groups in total. The van der Waals surface area contributed by atoms with E-state index in [-0.39, 0.29) is 12.0 Å². The fourth-order valence-corrected chi connectivity index (χ4v) is 4.41. The van der Waals surface area contributed by atoms with E-state index in [4.69, 9.17) is 4.74 Å². The molecule has 2 atom stereocenters. The zero-order chi connectivity index (χ0) is 22.4. The van der Waals surface area contributed by atoms with Gasteiger partial charge in [0.05, 0.1) is 19.3 Å². The molecule has 31 heavy (non-hydrogen) atoms. The Morgan fingerprint density at radius 2 is 1.81 bits per heavy atom. The number of ether oxygens (including phenoxy) is 1. The van der Waals surface area contributed by atoms with Crippen LogP contribution in [0.4, 0.5) is 8.78 Å². The molecule has 2 heterocycles. The number of nitrogens with zero attached hydrogens (tertiary/aromatic N) is 1. The van der Waals surface area contributed by atoms with Gasteiger partial charge in [-0.05, 0) is 29.5 Å². The monoisotopic (exact) mass is 451 g/mol. The minimum absolute atomic E-state index is 0.0135. The number of nitrogens with one attached hydrogen (secondary N) is 2. The fraction of sp³-hybridized carbons (Fsp3) is 0.455. The van der Waals surface area contributed by atoms with Crippen LogP contribution in [0.3, 0.4) is 0 Å². The molecule has 0 saturated carbocycles. The van der Waals surface area contributed by atoms with Crippen LogP contribution in [0.2, 0.25) is 0 Å². The lowest BCUT2D eigenvalue weighted by atomic mass is 10.0. The smallest absolute Gasteiger partial charge is 0.257 e. The summed E-state index contributed by atoms with van der Waals surface area (Å²) in [5.41, 5.74) is -0.689. The Kier molecular flexibility index (Phi) is 8.11. The lowest BCUT2D eigenvalue weighted by Gasteiger charge is -2.34. The van der Waals surface area contributed by atoms with Crippen molar-refractivity contribution in [2.24, 2.45) is 5.92 Å². The summed E-state index contributed by atoms with van der Waals surface area (Å²) in [4.78, 5) is 28.8. The first kappa shape index (κ1) is 23.3. The fourth-order valence-electron chi connectivity index (χ4n) is 3.55. The summed E-state index contributed by atoms with van der Waals surface area (Å²) >= 11 is 1.62. The van der Waals surface area contributed by atoms with Gasteiger partial charge in [0.15, 0.2) is 0 Å². The number of thiophene rings is 1. The summed E-state index contributed by atoms with van der Waals surface area (Å²) < 4.78 is 33.3. The highest BCUT2D eigenvalue weighted by Crippen LogP contribution is 2.25. The standard InChI is InChI=1S/C22H27F2N3O3S/c1-14(2)20(26-21(28)19-15(23)5-3-6-16(19)24)22(29)25-13-17(18-7-4-12-31-18)27-8-10-30-11-9-27/h3-7,12,14,17,20H,8-11,13H2,1-2H3,(H,25,29)(H,26,28)/t17-,20+/m1/s1. The number of morpholine rings is 1. The number of amides is 2. The van der Waals surface area contributed by atoms with Crippen LogP contribution >= 0.6 is 11.3 Å². The van der Waals surface area contributed by atoms with Crippen molar-refractivity contribution in [3.63, 3.8) is 0 Å². The second-order valence-corrected chi connectivity index (χ2v) is 8.70. The number of halogens is 2. The van der Waals surface area contributed by atoms with Gasteiger partial charge in [-0.15, -0.1) is 11.3 Å². The van der Waals surface area contributed by atoms with Gasteiger partial charge >= 0.3 is 0 Å². The van der Waals surface area contributed by atoms with Gasteiger partial charge in [-0.25, -0.2) is 8.78 Å². The zero-order valence-electron chi connectivity index (χ0n) is 17.6. The topological polar surface area (TPSA) is 70.7 Å². The molecule has 1 aromatic heterocycles. The Hall–Kier alpha value is -2.36. The summed E-state index contributed by atoms with van der Waals surface area (Å²) in [5, 5.41) is 7.40. The maximum atomic E-state index is 14.0. The van der Waals surface area contributed by atoms with Crippen LogP contribution in [0.15, 0.2) is 35.7 Å². The molecule has 1 saturated heterocycles. The van der Waals surface area contributed by atoms with Crippen LogP contribution in [0.1, 0.15) is 35.1 Å². The van der Waals surface area contributed by atoms with Crippen molar-refractivity contribution in [2.45, 2.75) is 25.9 Å². The van der Waals surface area contributed by atoms with Gasteiger partial charge < -0.3 is 15.4 Å². The van der Waals surface area contributed by atoms with E-state index < -0.39 is 35.1 Å². The largest absolute Gasteiger partial charge is 0.379 e. The molecule has 1 aliphatic heterocycles. The molecule has 0 spiro atoms. The Bertz CT molecular complexity index is 866. The highest BCUT2D eigenvalue weighted by molar-refractivity contribution is 7.10. The molecule has 1 aromatic carbocycles. The molecule has 168 valence electrons. The Balaban J connectivity index is 1.68. The molecular formula is C22H27F2N3O3S. The van der Waals surface area contributed by atoms with Crippen LogP contribution in [0, 0.1) is 17.6 Å². The molecule has 2 amide bonds. The van der Waals surface area contributed by atoms with Gasteiger partial charge in [0.25, 0.3) is 5.91 Å². The minimum atomic E-state index is -0.967. The lowest BCUT2D eigenvalue weighted by Crippen LogP contribution is -2.52. The minimum Gasteiger partial charge on any atom is -0.379 e. The predicted octanol–water partition coefficient (Wildman–Crippen LogP) is 2.97. The number of rotatable bonds is 8. The van der Waals surface area contributed by atoms with Crippen LogP contribution < -0.4 is 10.6 Å². The highest BCUT2D eigenvalue weighted by Gasteiger charge is 2.29. The molecule has 0 radical (unpaired) electrons. The molecule has 6 nitrogen and oxygen atoms in total. The van der Waals surface area contributed by atoms with E-state index in [0.29, 0.717) is 19.8 Å². The third-order valence-corrected chi connectivity index (χ3v) is 6.23. The number of carbonyl (C=O) groups is 2. The Labute approximate surface area is 184 Å². The summed E-state index contributed by atoms with van der Waals surface area (Å²) in [6, 6.07) is 6.26. The molecule has 1 aliphatic rings. The van der Waals surface area contributed by atoms with E-state index in [9.17, 15) is 18.4 Å². The molecule has 2 aromatic rings. The van der Waals surface area contributed by atoms with Crippen molar-refractivity contribution in [3.8, 4) is 0 Å². The van der Waals surface area contributed by atoms with Gasteiger partial charge in [0.2, 0.25) is 5.91 Å². The first-order chi connectivity index (χ1) is 14.9.